The molecule has 16 aromatic rings. The molecular formula is C75H53N3S2. The Morgan fingerprint density at radius 2 is 0.887 bits per heavy atom. The molecule has 0 fully saturated rings. The molecular weight excluding hydrogens is 1010 g/mol. The highest BCUT2D eigenvalue weighted by Gasteiger charge is 2.18. The van der Waals surface area contributed by atoms with Gasteiger partial charge in [0.2, 0.25) is 0 Å². The second-order valence-electron chi connectivity index (χ2n) is 20.3. The minimum Gasteiger partial charge on any atom is -0.358 e. The van der Waals surface area contributed by atoms with Crippen molar-refractivity contribution in [2.24, 2.45) is 0 Å². The molecule has 16 rings (SSSR count). The summed E-state index contributed by atoms with van der Waals surface area (Å²) in [5, 5.41) is 11.3. The van der Waals surface area contributed by atoms with Crippen molar-refractivity contribution < 1.29 is 0 Å². The first-order chi connectivity index (χ1) is 39.5. The van der Waals surface area contributed by atoms with Gasteiger partial charge < -0.3 is 14.1 Å². The summed E-state index contributed by atoms with van der Waals surface area (Å²) in [5.41, 5.74) is 18.1. The molecule has 1 N–H and O–H groups in total. The first kappa shape index (κ1) is 48.7. The van der Waals surface area contributed by atoms with Gasteiger partial charge in [0.15, 0.2) is 0 Å². The predicted octanol–water partition coefficient (Wildman–Crippen LogP) is 21.9. The van der Waals surface area contributed by atoms with Gasteiger partial charge in [-0.3, -0.25) is 0 Å². The van der Waals surface area contributed by atoms with Gasteiger partial charge in [0.1, 0.15) is 0 Å². The van der Waals surface area contributed by atoms with E-state index in [4.69, 9.17) is 0 Å². The number of fused-ring (bicyclic) bond motifs is 13. The molecule has 0 aliphatic carbocycles. The van der Waals surface area contributed by atoms with Crippen molar-refractivity contribution in [3.63, 3.8) is 0 Å². The van der Waals surface area contributed by atoms with Crippen LogP contribution in [-0.2, 0) is 0 Å². The molecule has 11 aromatic carbocycles. The fraction of sp³-hybridized carbons (Fsp3) is 0.0400. The third-order valence-corrected chi connectivity index (χ3v) is 18.1. The van der Waals surface area contributed by atoms with Crippen LogP contribution in [0.2, 0.25) is 0 Å². The molecule has 0 saturated heterocycles. The average Bonchev–Trinajstić information content (AvgIpc) is 4.45. The summed E-state index contributed by atoms with van der Waals surface area (Å²) in [6.07, 6.45) is 5.90. The Hall–Kier alpha value is -9.70. The number of rotatable bonds is 6. The van der Waals surface area contributed by atoms with Crippen LogP contribution in [0.4, 0.5) is 0 Å². The van der Waals surface area contributed by atoms with Gasteiger partial charge in [-0.2, -0.15) is 0 Å². The van der Waals surface area contributed by atoms with Gasteiger partial charge in [0.05, 0.1) is 27.5 Å². The zero-order valence-corrected chi connectivity index (χ0v) is 46.2. The Morgan fingerprint density at radius 3 is 1.44 bits per heavy atom. The average molecular weight is 1060 g/mol. The quantitative estimate of drug-likeness (QED) is 0.161. The largest absolute Gasteiger partial charge is 0.358 e. The number of aryl methyl sites for hydroxylation is 1. The van der Waals surface area contributed by atoms with E-state index in [-0.39, 0.29) is 0 Å². The highest BCUT2D eigenvalue weighted by atomic mass is 32.1. The van der Waals surface area contributed by atoms with Crippen LogP contribution in [-0.4, -0.2) is 14.1 Å². The summed E-state index contributed by atoms with van der Waals surface area (Å²) in [6, 6.07) is 90.7. The van der Waals surface area contributed by atoms with E-state index in [1.165, 1.54) is 134 Å². The Kier molecular flexibility index (Phi) is 12.3. The van der Waals surface area contributed by atoms with Crippen LogP contribution >= 0.6 is 22.7 Å². The van der Waals surface area contributed by atoms with E-state index >= 15 is 0 Å². The van der Waals surface area contributed by atoms with E-state index < -0.39 is 0 Å². The van der Waals surface area contributed by atoms with Gasteiger partial charge in [-0.25, -0.2) is 0 Å². The van der Waals surface area contributed by atoms with Gasteiger partial charge >= 0.3 is 0 Å². The monoisotopic (exact) mass is 1060 g/mol. The number of nitrogens with zero attached hydrogens (tertiary/aromatic N) is 2. The Balaban J connectivity index is 0.000000313. The van der Waals surface area contributed by atoms with Crippen molar-refractivity contribution in [1.82, 2.24) is 14.1 Å². The smallest absolute Gasteiger partial charge is 0.0631 e. The molecule has 0 bridgehead atoms. The first-order valence-corrected chi connectivity index (χ1v) is 28.8. The number of aromatic amines is 1. The van der Waals surface area contributed by atoms with Crippen LogP contribution < -0.4 is 0 Å². The van der Waals surface area contributed by atoms with E-state index in [0.717, 1.165) is 16.6 Å². The maximum Gasteiger partial charge on any atom is 0.0631 e. The number of benzene rings is 10. The van der Waals surface area contributed by atoms with Crippen molar-refractivity contribution >= 4 is 124 Å². The molecule has 0 aliphatic rings. The van der Waals surface area contributed by atoms with Crippen molar-refractivity contribution in [3.05, 3.63) is 273 Å². The van der Waals surface area contributed by atoms with Crippen LogP contribution in [0.1, 0.15) is 25.1 Å². The number of hydrogen-bond acceptors (Lipinski definition) is 2. The third-order valence-electron chi connectivity index (χ3n) is 15.7. The second kappa shape index (κ2) is 20.3. The topological polar surface area (TPSA) is 25.6 Å². The van der Waals surface area contributed by atoms with Crippen LogP contribution in [0, 0.1) is 19.1 Å². The second-order valence-corrected chi connectivity index (χ2v) is 22.4. The Labute approximate surface area is 472 Å². The summed E-state index contributed by atoms with van der Waals surface area (Å²) < 4.78 is 9.99. The molecule has 0 unspecified atom stereocenters. The molecule has 80 heavy (non-hydrogen) atoms. The maximum atomic E-state index is 3.79. The summed E-state index contributed by atoms with van der Waals surface area (Å²) in [6.45, 7) is 9.86. The first-order valence-electron chi connectivity index (χ1n) is 27.2. The van der Waals surface area contributed by atoms with Crippen LogP contribution in [0.5, 0.6) is 0 Å². The lowest BCUT2D eigenvalue weighted by Crippen LogP contribution is -1.93. The van der Waals surface area contributed by atoms with Gasteiger partial charge in [-0.05, 0) is 139 Å². The number of allylic oxidation sites excluding steroid dienone is 2. The molecule has 5 heteroatoms. The van der Waals surface area contributed by atoms with Crippen LogP contribution in [0.15, 0.2) is 249 Å². The minimum atomic E-state index is 1.10. The van der Waals surface area contributed by atoms with Crippen molar-refractivity contribution in [1.29, 1.82) is 0 Å². The van der Waals surface area contributed by atoms with Crippen molar-refractivity contribution in [2.75, 3.05) is 0 Å². The summed E-state index contributed by atoms with van der Waals surface area (Å²) >= 11 is 3.77. The van der Waals surface area contributed by atoms with Gasteiger partial charge in [0.25, 0.3) is 0 Å². The Bertz CT molecular complexity index is 4700. The fourth-order valence-corrected chi connectivity index (χ4v) is 14.3. The number of aromatic nitrogens is 3. The highest BCUT2D eigenvalue weighted by Crippen LogP contribution is 2.45. The lowest BCUT2D eigenvalue weighted by atomic mass is 9.95. The zero-order chi connectivity index (χ0) is 53.8. The normalized spacial score (nSPS) is 11.6. The number of hydrogen-bond donors (Lipinski definition) is 1. The van der Waals surface area contributed by atoms with Crippen LogP contribution in [0.25, 0.3) is 146 Å². The van der Waals surface area contributed by atoms with Crippen molar-refractivity contribution in [3.8, 4) is 44.8 Å². The molecule has 0 atom stereocenters. The van der Waals surface area contributed by atoms with E-state index in [1.54, 1.807) is 0 Å². The van der Waals surface area contributed by atoms with Crippen LogP contribution in [0.3, 0.4) is 0 Å². The lowest BCUT2D eigenvalue weighted by Gasteiger charge is -2.10. The molecule has 0 spiro atoms. The Morgan fingerprint density at radius 1 is 0.425 bits per heavy atom. The SMILES string of the molecule is C/C=C\C.C=Cc1c(C)[nH]c2ccccc12.c1ccc2c(c#1)c1ccccc1n2-c1ccc2sc3c(-c4cccc(-c5cccc(-c6cccc7c6sc6ccc(-n8c9ccccc9c9ccccc98)cc67)c5)c4)cccc3c2c1. The third kappa shape index (κ3) is 8.19. The lowest BCUT2D eigenvalue weighted by molar-refractivity contribution is 1.19. The number of H-pyrrole nitrogens is 1. The van der Waals surface area contributed by atoms with E-state index in [2.05, 4.69) is 252 Å². The predicted molar refractivity (Wildman–Crippen MR) is 348 cm³/mol. The number of para-hydroxylation sites is 4. The fourth-order valence-electron chi connectivity index (χ4n) is 11.9. The molecule has 0 radical (unpaired) electrons. The minimum absolute atomic E-state index is 1.10. The zero-order valence-electron chi connectivity index (χ0n) is 44.6. The summed E-state index contributed by atoms with van der Waals surface area (Å²) in [5.74, 6) is 0. The molecule has 380 valence electrons. The van der Waals surface area contributed by atoms with E-state index in [0.29, 0.717) is 0 Å². The summed E-state index contributed by atoms with van der Waals surface area (Å²) in [7, 11) is 0. The molecule has 0 saturated carbocycles. The molecule has 3 nitrogen and oxygen atoms in total. The number of thiophene rings is 2. The molecule has 5 aromatic heterocycles. The maximum absolute atomic E-state index is 3.79. The van der Waals surface area contributed by atoms with Gasteiger partial charge in [0, 0.05) is 90.0 Å². The highest BCUT2D eigenvalue weighted by molar-refractivity contribution is 7.26. The van der Waals surface area contributed by atoms with E-state index in [1.807, 2.05) is 72.9 Å². The summed E-state index contributed by atoms with van der Waals surface area (Å²) in [4.78, 5) is 3.31. The molecule has 0 amide bonds. The number of nitrogens with one attached hydrogen (secondary N) is 1. The van der Waals surface area contributed by atoms with Gasteiger partial charge in [-0.15, -0.1) is 22.7 Å². The molecule has 0 aliphatic heterocycles. The van der Waals surface area contributed by atoms with E-state index in [9.17, 15) is 0 Å². The van der Waals surface area contributed by atoms with Crippen molar-refractivity contribution in [2.45, 2.75) is 20.8 Å². The van der Waals surface area contributed by atoms with Gasteiger partial charge in [-0.1, -0.05) is 183 Å². The standard InChI is InChI=1S/C60H34N2S2.C11H11N.C4H8/c1-5-25-53-45(17-1)46-18-2-6-26-54(46)61(53)41-29-31-57-51(35-41)49-23-11-21-43(59(49)63-57)39-15-9-13-37(33-39)38-14-10-16-40(34-38)44-22-12-24-50-52-36-42(30-32-58(52)64-60(44)50)62-55-27-7-3-19-47(55)48-20-4-8-28-56(48)62;1-3-9-8(2)12-11-7-5-4-6-10(9)11;1-3-4-2/h1-3,5-19,21-36H;3-7,12H,1H2,2H3;3-4H,1-2H3/b;;4-3-. The molecule has 5 heterocycles.